The molecule has 0 aliphatic heterocycles. The second-order valence-corrected chi connectivity index (χ2v) is 4.19. The van der Waals surface area contributed by atoms with Gasteiger partial charge in [0.1, 0.15) is 0 Å². The third-order valence-electron chi connectivity index (χ3n) is 2.76. The first-order chi connectivity index (χ1) is 7.02. The van der Waals surface area contributed by atoms with Gasteiger partial charge in [-0.3, -0.25) is 0 Å². The van der Waals surface area contributed by atoms with Crippen LogP contribution in [0.1, 0.15) is 23.5 Å². The van der Waals surface area contributed by atoms with Gasteiger partial charge in [0.25, 0.3) is 0 Å². The van der Waals surface area contributed by atoms with E-state index in [1.807, 2.05) is 0 Å². The molecule has 1 saturated carbocycles. The van der Waals surface area contributed by atoms with Crippen LogP contribution in [0.25, 0.3) is 0 Å². The molecule has 15 heavy (non-hydrogen) atoms. The Hall–Kier alpha value is -0.700. The van der Waals surface area contributed by atoms with Crippen LogP contribution in [-0.4, -0.2) is 5.88 Å². The van der Waals surface area contributed by atoms with Crippen molar-refractivity contribution < 1.29 is 13.2 Å². The number of halogens is 4. The number of benzene rings is 1. The smallest absolute Gasteiger partial charge is 0.166 e. The van der Waals surface area contributed by atoms with E-state index in [4.69, 9.17) is 11.6 Å². The van der Waals surface area contributed by atoms with Crippen LogP contribution in [0.4, 0.5) is 13.2 Å². The molecule has 82 valence electrons. The van der Waals surface area contributed by atoms with Crippen molar-refractivity contribution in [2.45, 2.75) is 18.5 Å². The first kappa shape index (κ1) is 10.8. The Balaban J connectivity index is 2.21. The first-order valence-corrected chi connectivity index (χ1v) is 5.29. The summed E-state index contributed by atoms with van der Waals surface area (Å²) >= 11 is 5.65. The zero-order valence-electron chi connectivity index (χ0n) is 7.89. The van der Waals surface area contributed by atoms with Crippen LogP contribution in [-0.2, 0) is 6.18 Å². The molecular weight excluding hydrogens is 225 g/mol. The number of alkyl halides is 4. The normalized spacial score (nSPS) is 25.3. The number of hydrogen-bond acceptors (Lipinski definition) is 0. The van der Waals surface area contributed by atoms with Gasteiger partial charge in [0, 0.05) is 5.88 Å². The highest BCUT2D eigenvalue weighted by Crippen LogP contribution is 2.48. The monoisotopic (exact) mass is 234 g/mol. The van der Waals surface area contributed by atoms with E-state index in [1.54, 1.807) is 6.07 Å². The van der Waals surface area contributed by atoms with Crippen molar-refractivity contribution in [1.29, 1.82) is 0 Å². The average Bonchev–Trinajstić information content (AvgIpc) is 2.95. The summed E-state index contributed by atoms with van der Waals surface area (Å²) < 4.78 is 37.2. The average molecular weight is 235 g/mol. The fourth-order valence-electron chi connectivity index (χ4n) is 1.77. The molecule has 1 aromatic rings. The molecule has 0 bridgehead atoms. The molecule has 1 fully saturated rings. The van der Waals surface area contributed by atoms with Crippen LogP contribution in [0.2, 0.25) is 0 Å². The van der Waals surface area contributed by atoms with Crippen LogP contribution in [0.15, 0.2) is 24.3 Å². The molecule has 1 aromatic carbocycles. The zero-order valence-corrected chi connectivity index (χ0v) is 8.65. The summed E-state index contributed by atoms with van der Waals surface area (Å²) in [5, 5.41) is 0. The van der Waals surface area contributed by atoms with Gasteiger partial charge in [-0.25, -0.2) is 0 Å². The van der Waals surface area contributed by atoms with Crippen molar-refractivity contribution in [3.05, 3.63) is 35.4 Å². The third-order valence-corrected chi connectivity index (χ3v) is 3.16. The second kappa shape index (κ2) is 3.71. The Morgan fingerprint density at radius 3 is 2.60 bits per heavy atom. The lowest BCUT2D eigenvalue weighted by molar-refractivity contribution is -0.137. The van der Waals surface area contributed by atoms with Crippen molar-refractivity contribution in [3.63, 3.8) is 0 Å². The molecule has 0 amide bonds. The fourth-order valence-corrected chi connectivity index (χ4v) is 2.11. The summed E-state index contributed by atoms with van der Waals surface area (Å²) in [6, 6.07) is 5.53. The Morgan fingerprint density at radius 1 is 1.33 bits per heavy atom. The van der Waals surface area contributed by atoms with Gasteiger partial charge in [0.15, 0.2) is 0 Å². The maximum Gasteiger partial charge on any atom is 0.416 e. The largest absolute Gasteiger partial charge is 0.416 e. The highest BCUT2D eigenvalue weighted by Gasteiger charge is 2.39. The van der Waals surface area contributed by atoms with E-state index in [1.165, 1.54) is 12.1 Å². The van der Waals surface area contributed by atoms with E-state index in [-0.39, 0.29) is 5.92 Å². The molecule has 4 heteroatoms. The molecular formula is C11H10ClF3. The molecule has 1 aliphatic rings. The van der Waals surface area contributed by atoms with E-state index in [2.05, 4.69) is 0 Å². The van der Waals surface area contributed by atoms with Crippen molar-refractivity contribution in [3.8, 4) is 0 Å². The molecule has 2 rings (SSSR count). The topological polar surface area (TPSA) is 0 Å². The minimum Gasteiger partial charge on any atom is -0.166 e. The highest BCUT2D eigenvalue weighted by molar-refractivity contribution is 6.18. The van der Waals surface area contributed by atoms with E-state index in [0.717, 1.165) is 18.1 Å². The first-order valence-electron chi connectivity index (χ1n) is 4.75. The molecule has 2 atom stereocenters. The van der Waals surface area contributed by atoms with E-state index >= 15 is 0 Å². The maximum atomic E-state index is 12.4. The van der Waals surface area contributed by atoms with Gasteiger partial charge in [0.2, 0.25) is 0 Å². The summed E-state index contributed by atoms with van der Waals surface area (Å²) in [7, 11) is 0. The highest BCUT2D eigenvalue weighted by atomic mass is 35.5. The Labute approximate surface area is 91.1 Å². The molecule has 0 saturated heterocycles. The van der Waals surface area contributed by atoms with Gasteiger partial charge in [-0.2, -0.15) is 13.2 Å². The predicted octanol–water partition coefficient (Wildman–Crippen LogP) is 4.05. The standard InChI is InChI=1S/C11H10ClF3/c12-6-8-5-10(8)7-2-1-3-9(4-7)11(13,14)15/h1-4,8,10H,5-6H2. The van der Waals surface area contributed by atoms with Gasteiger partial charge < -0.3 is 0 Å². The van der Waals surface area contributed by atoms with Crippen molar-refractivity contribution >= 4 is 11.6 Å². The Bertz CT molecular complexity index is 359. The molecule has 0 nitrogen and oxygen atoms in total. The lowest BCUT2D eigenvalue weighted by Gasteiger charge is -2.08. The van der Waals surface area contributed by atoms with Gasteiger partial charge in [-0.1, -0.05) is 18.2 Å². The van der Waals surface area contributed by atoms with Crippen molar-refractivity contribution in [2.75, 3.05) is 5.88 Å². The molecule has 1 aliphatic carbocycles. The maximum absolute atomic E-state index is 12.4. The van der Waals surface area contributed by atoms with Gasteiger partial charge in [0.05, 0.1) is 5.56 Å². The second-order valence-electron chi connectivity index (χ2n) is 3.88. The SMILES string of the molecule is FC(F)(F)c1cccc(C2CC2CCl)c1. The lowest BCUT2D eigenvalue weighted by Crippen LogP contribution is -2.05. The summed E-state index contributed by atoms with van der Waals surface area (Å²) in [5.74, 6) is 1.11. The zero-order chi connectivity index (χ0) is 11.1. The number of rotatable bonds is 2. The number of hydrogen-bond donors (Lipinski definition) is 0. The molecule has 0 spiro atoms. The quantitative estimate of drug-likeness (QED) is 0.678. The minimum absolute atomic E-state index is 0.227. The van der Waals surface area contributed by atoms with E-state index < -0.39 is 11.7 Å². The summed E-state index contributed by atoms with van der Waals surface area (Å²) in [4.78, 5) is 0. The fraction of sp³-hybridized carbons (Fsp3) is 0.455. The molecule has 0 heterocycles. The molecule has 0 radical (unpaired) electrons. The Morgan fingerprint density at radius 2 is 2.07 bits per heavy atom. The Kier molecular flexibility index (Phi) is 2.67. The van der Waals surface area contributed by atoms with E-state index in [0.29, 0.717) is 11.8 Å². The summed E-state index contributed by atoms with van der Waals surface area (Å²) in [5.41, 5.74) is 0.190. The molecule has 2 unspecified atom stereocenters. The molecule has 0 N–H and O–H groups in total. The van der Waals surface area contributed by atoms with Crippen LogP contribution in [0.3, 0.4) is 0 Å². The predicted molar refractivity (Wildman–Crippen MR) is 53.0 cm³/mol. The van der Waals surface area contributed by atoms with Crippen LogP contribution in [0.5, 0.6) is 0 Å². The van der Waals surface area contributed by atoms with E-state index in [9.17, 15) is 13.2 Å². The van der Waals surface area contributed by atoms with Crippen LogP contribution >= 0.6 is 11.6 Å². The minimum atomic E-state index is -4.25. The van der Waals surface area contributed by atoms with Crippen molar-refractivity contribution in [2.24, 2.45) is 5.92 Å². The lowest BCUT2D eigenvalue weighted by atomic mass is 10.1. The van der Waals surface area contributed by atoms with Crippen LogP contribution < -0.4 is 0 Å². The van der Waals surface area contributed by atoms with Crippen molar-refractivity contribution in [1.82, 2.24) is 0 Å². The van der Waals surface area contributed by atoms with Crippen LogP contribution in [0, 0.1) is 5.92 Å². The third kappa shape index (κ3) is 2.28. The molecule has 0 aromatic heterocycles. The van der Waals surface area contributed by atoms with Gasteiger partial charge in [-0.15, -0.1) is 11.6 Å². The van der Waals surface area contributed by atoms with Gasteiger partial charge in [-0.05, 0) is 29.9 Å². The van der Waals surface area contributed by atoms with Gasteiger partial charge >= 0.3 is 6.18 Å². The summed E-state index contributed by atoms with van der Waals surface area (Å²) in [6.07, 6.45) is -3.34. The summed E-state index contributed by atoms with van der Waals surface area (Å²) in [6.45, 7) is 0.